The highest BCUT2D eigenvalue weighted by Crippen LogP contribution is 2.63. The lowest BCUT2D eigenvalue weighted by atomic mass is 9.73. The van der Waals surface area contributed by atoms with Crippen molar-refractivity contribution in [1.29, 1.82) is 0 Å². The van der Waals surface area contributed by atoms with E-state index in [1.54, 1.807) is 11.0 Å². The van der Waals surface area contributed by atoms with Crippen LogP contribution in [0.2, 0.25) is 0 Å². The monoisotopic (exact) mass is 497 g/mol. The molecular formula is C17H21BrClN9O2. The van der Waals surface area contributed by atoms with Gasteiger partial charge in [-0.15, -0.1) is 11.6 Å². The highest BCUT2D eigenvalue weighted by Gasteiger charge is 2.79. The molecule has 8 unspecified atom stereocenters. The van der Waals surface area contributed by atoms with Gasteiger partial charge in [0, 0.05) is 12.5 Å². The van der Waals surface area contributed by atoms with Gasteiger partial charge in [-0.25, -0.2) is 9.98 Å². The SMILES string of the molecule is NCC1C2CN3C(=O)c4ccc(Br)n4C4N=C(N)NC43C2C2(NC(N)=NC2O)C1Cl. The molecule has 8 atom stereocenters. The van der Waals surface area contributed by atoms with Crippen molar-refractivity contribution in [2.24, 2.45) is 44.9 Å². The average molecular weight is 499 g/mol. The first kappa shape index (κ1) is 18.7. The Morgan fingerprint density at radius 2 is 2.03 bits per heavy atom. The van der Waals surface area contributed by atoms with Crippen LogP contribution in [-0.2, 0) is 0 Å². The molecule has 0 bridgehead atoms. The molecule has 1 amide bonds. The van der Waals surface area contributed by atoms with Gasteiger partial charge in [-0.05, 0) is 46.4 Å². The maximum Gasteiger partial charge on any atom is 0.272 e. The third kappa shape index (κ3) is 1.80. The number of alkyl halides is 1. The van der Waals surface area contributed by atoms with Crippen LogP contribution < -0.4 is 27.8 Å². The first-order valence-electron chi connectivity index (χ1n) is 9.71. The van der Waals surface area contributed by atoms with Gasteiger partial charge in [0.1, 0.15) is 11.2 Å². The number of nitrogens with two attached hydrogens (primary N) is 3. The fourth-order valence-corrected chi connectivity index (χ4v) is 7.68. The van der Waals surface area contributed by atoms with Gasteiger partial charge in [-0.1, -0.05) is 0 Å². The predicted molar refractivity (Wildman–Crippen MR) is 112 cm³/mol. The molecule has 1 aromatic rings. The molecule has 5 aliphatic rings. The summed E-state index contributed by atoms with van der Waals surface area (Å²) in [4.78, 5) is 24.1. The molecule has 13 heteroatoms. The minimum Gasteiger partial charge on any atom is -0.370 e. The van der Waals surface area contributed by atoms with Crippen molar-refractivity contribution in [2.75, 3.05) is 13.1 Å². The molecule has 11 nitrogen and oxygen atoms in total. The van der Waals surface area contributed by atoms with Crippen molar-refractivity contribution in [3.05, 3.63) is 22.4 Å². The fraction of sp³-hybridized carbons (Fsp3) is 0.588. The number of rotatable bonds is 1. The Bertz CT molecular complexity index is 1040. The molecule has 160 valence electrons. The normalized spacial score (nSPS) is 45.5. The molecule has 9 N–H and O–H groups in total. The molecule has 6 rings (SSSR count). The molecule has 1 saturated heterocycles. The summed E-state index contributed by atoms with van der Waals surface area (Å²) < 4.78 is 2.53. The van der Waals surface area contributed by atoms with E-state index in [1.165, 1.54) is 0 Å². The number of fused-ring (bicyclic) bond motifs is 4. The van der Waals surface area contributed by atoms with Crippen LogP contribution in [0, 0.1) is 17.8 Å². The Morgan fingerprint density at radius 1 is 1.30 bits per heavy atom. The van der Waals surface area contributed by atoms with Gasteiger partial charge in [0.25, 0.3) is 5.91 Å². The Morgan fingerprint density at radius 3 is 2.70 bits per heavy atom. The number of aliphatic hydroxyl groups excluding tert-OH is 1. The van der Waals surface area contributed by atoms with E-state index in [-0.39, 0.29) is 29.7 Å². The lowest BCUT2D eigenvalue weighted by Crippen LogP contribution is -2.74. The first-order chi connectivity index (χ1) is 14.3. The van der Waals surface area contributed by atoms with Crippen molar-refractivity contribution < 1.29 is 9.90 Å². The third-order valence-electron chi connectivity index (χ3n) is 7.51. The van der Waals surface area contributed by atoms with Gasteiger partial charge < -0.3 is 42.4 Å². The average Bonchev–Trinajstić information content (AvgIpc) is 3.43. The Kier molecular flexibility index (Phi) is 3.50. The van der Waals surface area contributed by atoms with Crippen molar-refractivity contribution >= 4 is 45.4 Å². The van der Waals surface area contributed by atoms with E-state index in [9.17, 15) is 9.90 Å². The molecule has 30 heavy (non-hydrogen) atoms. The summed E-state index contributed by atoms with van der Waals surface area (Å²) in [5.41, 5.74) is 16.6. The van der Waals surface area contributed by atoms with Crippen LogP contribution in [0.3, 0.4) is 0 Å². The third-order valence-corrected chi connectivity index (χ3v) is 8.84. The number of carbonyl (C=O) groups excluding carboxylic acids is 1. The second kappa shape index (κ2) is 5.61. The molecule has 1 aliphatic carbocycles. The van der Waals surface area contributed by atoms with Crippen LogP contribution in [0.4, 0.5) is 0 Å². The zero-order valence-electron chi connectivity index (χ0n) is 15.7. The van der Waals surface area contributed by atoms with E-state index >= 15 is 0 Å². The van der Waals surface area contributed by atoms with Gasteiger partial charge >= 0.3 is 0 Å². The number of nitrogens with one attached hydrogen (secondary N) is 2. The van der Waals surface area contributed by atoms with E-state index in [0.717, 1.165) is 0 Å². The van der Waals surface area contributed by atoms with Gasteiger partial charge in [-0.2, -0.15) is 0 Å². The zero-order valence-corrected chi connectivity index (χ0v) is 18.0. The molecular weight excluding hydrogens is 478 g/mol. The number of aliphatic hydroxyl groups is 1. The first-order valence-corrected chi connectivity index (χ1v) is 10.9. The smallest absolute Gasteiger partial charge is 0.272 e. The minimum atomic E-state index is -1.20. The van der Waals surface area contributed by atoms with Crippen LogP contribution >= 0.6 is 27.5 Å². The van der Waals surface area contributed by atoms with Crippen LogP contribution in [0.15, 0.2) is 26.7 Å². The van der Waals surface area contributed by atoms with Gasteiger partial charge in [0.05, 0.1) is 9.98 Å². The Hall–Kier alpha value is -2.02. The zero-order chi connectivity index (χ0) is 21.2. The van der Waals surface area contributed by atoms with E-state index in [0.29, 0.717) is 23.4 Å². The van der Waals surface area contributed by atoms with Crippen molar-refractivity contribution in [3.63, 3.8) is 0 Å². The van der Waals surface area contributed by atoms with Crippen LogP contribution in [0.25, 0.3) is 0 Å². The molecule has 5 heterocycles. The number of guanidine groups is 2. The van der Waals surface area contributed by atoms with Crippen LogP contribution in [-0.4, -0.2) is 68.3 Å². The summed E-state index contributed by atoms with van der Waals surface area (Å²) in [5.74, 6) is -0.549. The summed E-state index contributed by atoms with van der Waals surface area (Å²) in [6.07, 6.45) is -1.76. The number of aliphatic imine (C=N–C) groups is 2. The van der Waals surface area contributed by atoms with Crippen molar-refractivity contribution in [2.45, 2.75) is 29.0 Å². The second-order valence-corrected chi connectivity index (χ2v) is 9.84. The van der Waals surface area contributed by atoms with Gasteiger partial charge in [0.15, 0.2) is 30.0 Å². The fourth-order valence-electron chi connectivity index (χ4n) is 6.57. The molecule has 0 radical (unpaired) electrons. The number of nitrogens with zero attached hydrogens (tertiary/aromatic N) is 4. The molecule has 4 aliphatic heterocycles. The summed E-state index contributed by atoms with van der Waals surface area (Å²) in [7, 11) is 0. The van der Waals surface area contributed by atoms with E-state index < -0.39 is 34.9 Å². The number of hydrogen-bond donors (Lipinski definition) is 6. The maximum absolute atomic E-state index is 13.6. The molecule has 2 fully saturated rings. The number of carbonyl (C=O) groups is 1. The summed E-state index contributed by atoms with van der Waals surface area (Å²) >= 11 is 10.5. The van der Waals surface area contributed by atoms with E-state index in [4.69, 9.17) is 28.8 Å². The topological polar surface area (TPSA) is 172 Å². The molecule has 2 spiro atoms. The largest absolute Gasteiger partial charge is 0.370 e. The second-order valence-electron chi connectivity index (χ2n) is 8.55. The standard InChI is InChI=1S/C17H21BrClN9O2/c18-8-2-1-7-11(29)27-4-6-5(3-20)10(19)16(13(30)24-15(22)25-16)9(6)17(27)12(28(7)8)23-14(21)26-17/h1-2,5-6,9-10,12-13,30H,3-4,20H2,(H3,21,23,26)(H3,22,24,25). The summed E-state index contributed by atoms with van der Waals surface area (Å²) in [5, 5.41) is 16.9. The van der Waals surface area contributed by atoms with Crippen molar-refractivity contribution in [1.82, 2.24) is 20.1 Å². The molecule has 0 aromatic carbocycles. The van der Waals surface area contributed by atoms with Crippen molar-refractivity contribution in [3.8, 4) is 0 Å². The van der Waals surface area contributed by atoms with Crippen LogP contribution in [0.1, 0.15) is 16.7 Å². The van der Waals surface area contributed by atoms with Crippen LogP contribution in [0.5, 0.6) is 0 Å². The van der Waals surface area contributed by atoms with E-state index in [2.05, 4.69) is 36.5 Å². The lowest BCUT2D eigenvalue weighted by Gasteiger charge is -2.51. The highest BCUT2D eigenvalue weighted by atomic mass is 79.9. The molecule has 1 saturated carbocycles. The number of amides is 1. The number of hydrogen-bond acceptors (Lipinski definition) is 9. The maximum atomic E-state index is 13.6. The highest BCUT2D eigenvalue weighted by molar-refractivity contribution is 9.10. The summed E-state index contributed by atoms with van der Waals surface area (Å²) in [6, 6.07) is 3.57. The Balaban J connectivity index is 1.61. The van der Waals surface area contributed by atoms with E-state index in [1.807, 2.05) is 10.6 Å². The Labute approximate surface area is 184 Å². The lowest BCUT2D eigenvalue weighted by molar-refractivity contribution is -0.0274. The number of halogens is 2. The van der Waals surface area contributed by atoms with Gasteiger partial charge in [-0.3, -0.25) is 4.79 Å². The van der Waals surface area contributed by atoms with Gasteiger partial charge in [0.2, 0.25) is 0 Å². The minimum absolute atomic E-state index is 0.104. The summed E-state index contributed by atoms with van der Waals surface area (Å²) in [6.45, 7) is 0.695. The quantitative estimate of drug-likeness (QED) is 0.249. The predicted octanol–water partition coefficient (Wildman–Crippen LogP) is -1.76. The number of aromatic nitrogens is 1. The molecule has 1 aromatic heterocycles.